The first-order valence-corrected chi connectivity index (χ1v) is 41.5. The molecule has 38 rings (SSSR count). The van der Waals surface area contributed by atoms with Crippen LogP contribution < -0.4 is 0 Å². The van der Waals surface area contributed by atoms with E-state index in [1.54, 1.807) is 328 Å². The number of thiophene rings is 4. The summed E-state index contributed by atoms with van der Waals surface area (Å²) in [5.74, 6) is 1.36. The fraction of sp³-hybridized carbons (Fsp3) is 0.177. The molecular formula is C96H42NS4. The normalized spacial score (nSPS) is 21.3. The quantitative estimate of drug-likeness (QED) is 0.0730. The van der Waals surface area contributed by atoms with Crippen molar-refractivity contribution in [2.24, 2.45) is 0 Å². The van der Waals surface area contributed by atoms with Crippen molar-refractivity contribution in [1.29, 1.82) is 0 Å². The van der Waals surface area contributed by atoms with Crippen LogP contribution in [-0.4, -0.2) is 18.5 Å². The Morgan fingerprint density at radius 2 is 0.604 bits per heavy atom. The third-order valence-corrected chi connectivity index (χ3v) is 37.4. The molecule has 5 heteroatoms. The second-order valence-electron chi connectivity index (χ2n) is 34.9. The second-order valence-corrected chi connectivity index (χ2v) is 39.2. The molecule has 5 radical (unpaired) electrons. The lowest BCUT2D eigenvalue weighted by atomic mass is 9.49. The molecule has 2 spiro atoms. The molecule has 2 fully saturated rings. The highest BCUT2D eigenvalue weighted by atomic mass is 32.1. The summed E-state index contributed by atoms with van der Waals surface area (Å²) in [7, 11) is 2.67. The smallest absolute Gasteiger partial charge is 0.0591 e. The molecule has 5 aliphatic carbocycles. The monoisotopic (exact) mass is 1340 g/mol. The van der Waals surface area contributed by atoms with Crippen LogP contribution in [-0.2, 0) is 23.7 Å². The van der Waals surface area contributed by atoms with Gasteiger partial charge < -0.3 is 0 Å². The lowest BCUT2D eigenvalue weighted by Crippen LogP contribution is -2.50. The van der Waals surface area contributed by atoms with Crippen molar-refractivity contribution in [2.75, 3.05) is 13.6 Å². The Labute approximate surface area is 585 Å². The van der Waals surface area contributed by atoms with E-state index in [0.717, 1.165) is 19.4 Å². The van der Waals surface area contributed by atoms with Crippen LogP contribution in [0.3, 0.4) is 0 Å². The first-order valence-electron chi connectivity index (χ1n) is 38.3. The lowest BCUT2D eigenvalue weighted by molar-refractivity contribution is 0.276. The largest absolute Gasteiger partial charge is 0.296 e. The van der Waals surface area contributed by atoms with E-state index in [-0.39, 0.29) is 16.9 Å². The Balaban J connectivity index is 0.708. The van der Waals surface area contributed by atoms with Gasteiger partial charge in [-0.05, 0) is 419 Å². The van der Waals surface area contributed by atoms with Gasteiger partial charge in [0.25, 0.3) is 0 Å². The molecule has 4 aromatic heterocycles. The Morgan fingerprint density at radius 1 is 0.307 bits per heavy atom. The van der Waals surface area contributed by atoms with Gasteiger partial charge in [-0.25, -0.2) is 0 Å². The van der Waals surface area contributed by atoms with E-state index in [4.69, 9.17) is 0 Å². The van der Waals surface area contributed by atoms with Crippen molar-refractivity contribution in [2.45, 2.75) is 94.9 Å². The molecule has 0 N–H and O–H groups in total. The van der Waals surface area contributed by atoms with Crippen LogP contribution in [0.5, 0.6) is 0 Å². The van der Waals surface area contributed by atoms with Crippen molar-refractivity contribution in [3.8, 4) is 29.3 Å². The molecule has 1 saturated heterocycles. The van der Waals surface area contributed by atoms with E-state index in [2.05, 4.69) is 111 Å². The van der Waals surface area contributed by atoms with Gasteiger partial charge in [-0.2, -0.15) is 0 Å². The van der Waals surface area contributed by atoms with E-state index in [1.807, 2.05) is 22.7 Å². The Hall–Kier alpha value is -8.78. The maximum atomic E-state index is 3.07. The van der Waals surface area contributed by atoms with Gasteiger partial charge in [-0.1, -0.05) is 52.4 Å². The molecule has 0 amide bonds. The molecule has 3 unspecified atom stereocenters. The van der Waals surface area contributed by atoms with E-state index in [0.29, 0.717) is 0 Å². The number of hydrogen-bond donors (Lipinski definition) is 0. The van der Waals surface area contributed by atoms with Gasteiger partial charge in [0.1, 0.15) is 0 Å². The fourth-order valence-electron chi connectivity index (χ4n) is 30.6. The van der Waals surface area contributed by atoms with Gasteiger partial charge in [-0.15, -0.1) is 45.3 Å². The number of aryl methyl sites for hydroxylation is 2. The Kier molecular flexibility index (Phi) is 5.90. The highest BCUT2D eigenvalue weighted by molar-refractivity contribution is 7.28. The molecule has 5 heterocycles. The molecule has 1 saturated carbocycles. The summed E-state index contributed by atoms with van der Waals surface area (Å²) in [5.41, 5.74) is 9.65. The van der Waals surface area contributed by atoms with Gasteiger partial charge in [0.15, 0.2) is 0 Å². The molecule has 3 atom stereocenters. The summed E-state index contributed by atoms with van der Waals surface area (Å²) in [5, 5.41) is 90.9. The van der Waals surface area contributed by atoms with Crippen LogP contribution >= 0.6 is 45.3 Å². The van der Waals surface area contributed by atoms with Gasteiger partial charge >= 0.3 is 0 Å². The fourth-order valence-corrected chi connectivity index (χ4v) is 35.7. The summed E-state index contributed by atoms with van der Waals surface area (Å²) in [6, 6.07) is 15.6. The van der Waals surface area contributed by atoms with Crippen LogP contribution in [0.2, 0.25) is 0 Å². The third kappa shape index (κ3) is 3.43. The summed E-state index contributed by atoms with van der Waals surface area (Å²) >= 11 is 8.39. The van der Waals surface area contributed by atoms with Gasteiger partial charge in [0, 0.05) is 51.5 Å². The molecule has 1 aliphatic heterocycles. The minimum Gasteiger partial charge on any atom is -0.296 e. The zero-order chi connectivity index (χ0) is 62.7. The van der Waals surface area contributed by atoms with Crippen LogP contribution in [0.15, 0.2) is 36.4 Å². The van der Waals surface area contributed by atoms with Crippen LogP contribution in [0.25, 0.3) is 320 Å². The van der Waals surface area contributed by atoms with Gasteiger partial charge in [-0.3, -0.25) is 4.90 Å². The van der Waals surface area contributed by atoms with Gasteiger partial charge in [0.05, 0.1) is 16.9 Å². The average Bonchev–Trinajstić information content (AvgIpc) is 1.38. The van der Waals surface area contributed by atoms with Gasteiger partial charge in [0.2, 0.25) is 0 Å². The second kappa shape index (κ2) is 12.8. The number of rotatable bonds is 15. The van der Waals surface area contributed by atoms with E-state index in [9.17, 15) is 0 Å². The lowest BCUT2D eigenvalue weighted by Gasteiger charge is -2.50. The molecule has 28 aromatic carbocycles. The number of hydrogen-bond acceptors (Lipinski definition) is 5. The third-order valence-electron chi connectivity index (χ3n) is 32.3. The van der Waals surface area contributed by atoms with Crippen LogP contribution in [0.4, 0.5) is 0 Å². The van der Waals surface area contributed by atoms with Crippen molar-refractivity contribution in [3.63, 3.8) is 0 Å². The molecule has 0 bridgehead atoms. The van der Waals surface area contributed by atoms with Crippen LogP contribution in [0, 0.1) is 31.6 Å². The topological polar surface area (TPSA) is 3.24 Å². The Morgan fingerprint density at radius 3 is 1.00 bits per heavy atom. The Bertz CT molecular complexity index is 9160. The van der Waals surface area contributed by atoms with E-state index >= 15 is 0 Å². The average molecular weight is 1340 g/mol. The minimum absolute atomic E-state index is 0.130. The zero-order valence-electron chi connectivity index (χ0n) is 54.7. The van der Waals surface area contributed by atoms with Crippen molar-refractivity contribution >= 4 is 336 Å². The minimum atomic E-state index is -0.373. The number of likely N-dealkylation sites (N-methyl/N-ethyl adjacent to an activating group) is 1. The summed E-state index contributed by atoms with van der Waals surface area (Å²) in [6.45, 7) is 5.76. The summed E-state index contributed by atoms with van der Waals surface area (Å²) in [4.78, 5) is 14.9. The van der Waals surface area contributed by atoms with Crippen LogP contribution in [0.1, 0.15) is 114 Å². The zero-order valence-corrected chi connectivity index (χ0v) is 58.0. The molecule has 1 nitrogen and oxygen atoms in total. The highest BCUT2D eigenvalue weighted by Gasteiger charge is 2.76. The predicted octanol–water partition coefficient (Wildman–Crippen LogP) is 28.2. The maximum Gasteiger partial charge on any atom is 0.0591 e. The summed E-state index contributed by atoms with van der Waals surface area (Å²) < 4.78 is 0. The van der Waals surface area contributed by atoms with Crippen molar-refractivity contribution in [3.05, 3.63) is 111 Å². The van der Waals surface area contributed by atoms with Crippen molar-refractivity contribution < 1.29 is 0 Å². The van der Waals surface area contributed by atoms with E-state index < -0.39 is 0 Å². The first kappa shape index (κ1) is 46.7. The maximum absolute atomic E-state index is 3.07. The van der Waals surface area contributed by atoms with E-state index in [1.165, 1.54) is 92.1 Å². The first-order chi connectivity index (χ1) is 50.1. The molecular weight excluding hydrogens is 1300 g/mol. The number of nitrogens with zero attached hydrogens (tertiary/aromatic N) is 1. The predicted molar refractivity (Wildman–Crippen MR) is 439 cm³/mol. The molecule has 101 heavy (non-hydrogen) atoms. The SMILES string of the molecule is CCCCCCc1cc([C]2[CH][CH][CH][CH]2)sc1-c1ccc(-c2ccc(-c3sc(C4N(C)CC56c7c8c9c%10c%11c%12c(c%13c%14c5c5c%15c7c7c%16c8c8c%10c%10c%11c%11c%17c%12c%13c%12c%13c%14c5c5c%14c%15c7c7c%15c%16c8c8c%10c%10c%11c%11c%17c%12c%12c%13c5c5c%14c7c7c%15c8c%10c8c%11c%12c5c78)C946)cc3CCCCCC)s2)s1. The summed E-state index contributed by atoms with van der Waals surface area (Å²) in [6.07, 6.45) is 21.5. The number of unbranched alkanes of at least 4 members (excludes halogenated alkanes) is 6. The van der Waals surface area contributed by atoms with Crippen molar-refractivity contribution in [1.82, 2.24) is 4.90 Å². The molecule has 6 aliphatic rings. The standard InChI is InChI=1S/C96H42NS4/c1-4-6-8-10-16-26-22-32(25-14-12-13-15-25)100-92(26)30-20-18-28(98-30)29-19-21-31(99-29)93-27(17-11-9-7-5-2)23-33(101-93)94-96-90-83-75-63-55-46-37-35-34-36-40(37)49-56-54-45(36)47-43-38(34)41-42-39(35)44-48(46)61(63)69-67-53(44)51(42)59-58-50(41)52(43)66-68-60(47)62(54)74-76-64(56)65(57(49)55)77(75)86(90)85(76)88-81(74)79(68)82-72(66)70(58)78-71(59)73(67)84(80(69)83)91(96)87(78)89(82)95(88,96)24-97(94)3/h12-15,18-23,94H,4-11,16-17,24H2,1-3H3. The molecule has 32 aromatic rings. The number of likely N-dealkylation sites (tertiary alicyclic amines) is 1. The molecule has 455 valence electrons. The highest BCUT2D eigenvalue weighted by Crippen LogP contribution is 2.87. The number of benzene rings is 17.